The Morgan fingerprint density at radius 1 is 1.29 bits per heavy atom. The number of anilines is 1. The van der Waals surface area contributed by atoms with Crippen LogP contribution in [0.2, 0.25) is 0 Å². The molecule has 5 nitrogen and oxygen atoms in total. The Morgan fingerprint density at radius 3 is 2.52 bits per heavy atom. The first-order chi connectivity index (χ1) is 9.99. The summed E-state index contributed by atoms with van der Waals surface area (Å²) in [5.41, 5.74) is 6.88. The molecular weight excluding hydrogens is 268 g/mol. The molecule has 1 unspecified atom stereocenters. The zero-order valence-corrected chi connectivity index (χ0v) is 13.3. The van der Waals surface area contributed by atoms with E-state index < -0.39 is 0 Å². The molecule has 0 fully saturated rings. The van der Waals surface area contributed by atoms with Crippen molar-refractivity contribution in [3.63, 3.8) is 0 Å². The van der Waals surface area contributed by atoms with Crippen LogP contribution in [0.4, 0.5) is 5.69 Å². The van der Waals surface area contributed by atoms with Crippen LogP contribution in [0.3, 0.4) is 0 Å². The van der Waals surface area contributed by atoms with Gasteiger partial charge in [-0.25, -0.2) is 0 Å². The fraction of sp³-hybridized carbons (Fsp3) is 0.562. The third-order valence-corrected chi connectivity index (χ3v) is 3.19. The third kappa shape index (κ3) is 5.27. The topological polar surface area (TPSA) is 73.6 Å². The molecule has 5 heteroatoms. The summed E-state index contributed by atoms with van der Waals surface area (Å²) >= 11 is 0. The second-order valence-electron chi connectivity index (χ2n) is 5.17. The van der Waals surface area contributed by atoms with Gasteiger partial charge in [0, 0.05) is 12.2 Å². The van der Waals surface area contributed by atoms with Crippen LogP contribution >= 0.6 is 0 Å². The van der Waals surface area contributed by atoms with E-state index in [0.29, 0.717) is 42.7 Å². The van der Waals surface area contributed by atoms with Crippen molar-refractivity contribution in [2.75, 3.05) is 25.6 Å². The van der Waals surface area contributed by atoms with Crippen molar-refractivity contribution in [2.45, 2.75) is 33.7 Å². The lowest BCUT2D eigenvalue weighted by molar-refractivity contribution is 0.0806. The van der Waals surface area contributed by atoms with Gasteiger partial charge in [0.2, 0.25) is 0 Å². The molecule has 118 valence electrons. The third-order valence-electron chi connectivity index (χ3n) is 3.19. The normalized spacial score (nSPS) is 12.2. The molecule has 21 heavy (non-hydrogen) atoms. The molecule has 0 spiro atoms. The maximum atomic E-state index is 12.3. The highest BCUT2D eigenvalue weighted by Gasteiger charge is 2.18. The number of ether oxygens (including phenoxy) is 2. The maximum Gasteiger partial charge on any atom is 0.251 e. The number of hydrogen-bond acceptors (Lipinski definition) is 4. The summed E-state index contributed by atoms with van der Waals surface area (Å²) in [6.07, 6.45) is 0. The highest BCUT2D eigenvalue weighted by Crippen LogP contribution is 2.22. The molecule has 1 rings (SSSR count). The molecule has 3 N–H and O–H groups in total. The maximum absolute atomic E-state index is 12.3. The highest BCUT2D eigenvalue weighted by molar-refractivity contribution is 5.95. The summed E-state index contributed by atoms with van der Waals surface area (Å²) in [6, 6.07) is 5.05. The molecule has 0 heterocycles. The van der Waals surface area contributed by atoms with Gasteiger partial charge in [0.25, 0.3) is 5.91 Å². The van der Waals surface area contributed by atoms with Gasteiger partial charge in [0.1, 0.15) is 5.75 Å². The molecule has 0 saturated heterocycles. The molecule has 1 aromatic rings. The quantitative estimate of drug-likeness (QED) is 0.722. The summed E-state index contributed by atoms with van der Waals surface area (Å²) in [7, 11) is 0. The Kier molecular flexibility index (Phi) is 7.02. The number of hydrogen-bond donors (Lipinski definition) is 2. The van der Waals surface area contributed by atoms with Gasteiger partial charge in [-0.1, -0.05) is 13.8 Å². The van der Waals surface area contributed by atoms with Crippen LogP contribution in [0.5, 0.6) is 5.75 Å². The summed E-state index contributed by atoms with van der Waals surface area (Å²) in [4.78, 5) is 12.3. The number of carbonyl (C=O) groups is 1. The first-order valence-corrected chi connectivity index (χ1v) is 7.40. The molecule has 0 aliphatic rings. The molecular formula is C16H26N2O3. The number of nitrogens with one attached hydrogen (secondary N) is 1. The van der Waals surface area contributed by atoms with E-state index in [2.05, 4.69) is 19.2 Å². The van der Waals surface area contributed by atoms with Crippen LogP contribution < -0.4 is 15.8 Å². The van der Waals surface area contributed by atoms with Crippen molar-refractivity contribution in [3.05, 3.63) is 23.8 Å². The van der Waals surface area contributed by atoms with E-state index in [1.54, 1.807) is 18.2 Å². The Morgan fingerprint density at radius 2 is 2.00 bits per heavy atom. The summed E-state index contributed by atoms with van der Waals surface area (Å²) in [5, 5.41) is 2.99. The van der Waals surface area contributed by atoms with Gasteiger partial charge in [-0.15, -0.1) is 0 Å². The van der Waals surface area contributed by atoms with Crippen molar-refractivity contribution < 1.29 is 14.3 Å². The van der Waals surface area contributed by atoms with E-state index >= 15 is 0 Å². The van der Waals surface area contributed by atoms with E-state index in [-0.39, 0.29) is 11.9 Å². The molecule has 0 radical (unpaired) electrons. The Labute approximate surface area is 126 Å². The number of benzene rings is 1. The van der Waals surface area contributed by atoms with Gasteiger partial charge >= 0.3 is 0 Å². The van der Waals surface area contributed by atoms with Crippen molar-refractivity contribution in [3.8, 4) is 5.75 Å². The van der Waals surface area contributed by atoms with Crippen LogP contribution in [0.1, 0.15) is 38.1 Å². The van der Waals surface area contributed by atoms with E-state index in [4.69, 9.17) is 15.2 Å². The summed E-state index contributed by atoms with van der Waals surface area (Å²) < 4.78 is 10.8. The molecule has 0 aromatic heterocycles. The Hall–Kier alpha value is -1.75. The average molecular weight is 294 g/mol. The summed E-state index contributed by atoms with van der Waals surface area (Å²) in [5.74, 6) is 0.743. The van der Waals surface area contributed by atoms with Crippen LogP contribution in [0, 0.1) is 5.92 Å². The van der Waals surface area contributed by atoms with Crippen molar-refractivity contribution in [1.29, 1.82) is 0 Å². The molecule has 0 aliphatic carbocycles. The minimum absolute atomic E-state index is 0.0229. The van der Waals surface area contributed by atoms with Crippen LogP contribution in [0.25, 0.3) is 0 Å². The number of nitrogens with two attached hydrogens (primary N) is 1. The first kappa shape index (κ1) is 17.3. The lowest BCUT2D eigenvalue weighted by Gasteiger charge is -2.22. The van der Waals surface area contributed by atoms with Crippen LogP contribution in [0.15, 0.2) is 18.2 Å². The van der Waals surface area contributed by atoms with Gasteiger partial charge in [-0.3, -0.25) is 4.79 Å². The molecule has 0 saturated carbocycles. The fourth-order valence-electron chi connectivity index (χ4n) is 1.87. The number of nitrogen functional groups attached to an aromatic ring is 1. The molecule has 1 amide bonds. The number of rotatable bonds is 8. The van der Waals surface area contributed by atoms with Crippen LogP contribution in [-0.4, -0.2) is 31.8 Å². The largest absolute Gasteiger partial charge is 0.492 e. The number of amides is 1. The minimum Gasteiger partial charge on any atom is -0.492 e. The van der Waals surface area contributed by atoms with Gasteiger partial charge in [-0.05, 0) is 38.0 Å². The van der Waals surface area contributed by atoms with Crippen LogP contribution in [-0.2, 0) is 4.74 Å². The fourth-order valence-corrected chi connectivity index (χ4v) is 1.87. The number of carbonyl (C=O) groups excluding carboxylic acids is 1. The molecule has 0 aliphatic heterocycles. The first-order valence-electron chi connectivity index (χ1n) is 7.40. The molecule has 1 atom stereocenters. The summed E-state index contributed by atoms with van der Waals surface area (Å²) in [6.45, 7) is 9.61. The average Bonchev–Trinajstić information content (AvgIpc) is 2.45. The second kappa shape index (κ2) is 8.52. The van der Waals surface area contributed by atoms with Crippen molar-refractivity contribution in [2.24, 2.45) is 5.92 Å². The Bertz CT molecular complexity index is 461. The predicted octanol–water partition coefficient (Wildman–Crippen LogP) is 2.46. The van der Waals surface area contributed by atoms with E-state index in [1.165, 1.54) is 0 Å². The lowest BCUT2D eigenvalue weighted by atomic mass is 10.0. The highest BCUT2D eigenvalue weighted by atomic mass is 16.5. The molecule has 0 bridgehead atoms. The monoisotopic (exact) mass is 294 g/mol. The second-order valence-corrected chi connectivity index (χ2v) is 5.17. The Balaban J connectivity index is 2.75. The van der Waals surface area contributed by atoms with Crippen molar-refractivity contribution >= 4 is 11.6 Å². The standard InChI is InChI=1S/C16H26N2O3/c1-5-20-10-14(11(3)4)18-16(19)12-7-8-15(21-6-2)13(17)9-12/h7-9,11,14H,5-6,10,17H2,1-4H3,(H,18,19). The van der Waals surface area contributed by atoms with Crippen molar-refractivity contribution in [1.82, 2.24) is 5.32 Å². The predicted molar refractivity (Wildman–Crippen MR) is 84.6 cm³/mol. The van der Waals surface area contributed by atoms with E-state index in [1.807, 2.05) is 13.8 Å². The van der Waals surface area contributed by atoms with Gasteiger partial charge < -0.3 is 20.5 Å². The van der Waals surface area contributed by atoms with Gasteiger partial charge in [0.05, 0.1) is 24.9 Å². The van der Waals surface area contributed by atoms with E-state index in [9.17, 15) is 4.79 Å². The minimum atomic E-state index is -0.150. The zero-order valence-electron chi connectivity index (χ0n) is 13.3. The van der Waals surface area contributed by atoms with Gasteiger partial charge in [0.15, 0.2) is 0 Å². The van der Waals surface area contributed by atoms with Gasteiger partial charge in [-0.2, -0.15) is 0 Å². The zero-order chi connectivity index (χ0) is 15.8. The SMILES string of the molecule is CCOCC(NC(=O)c1ccc(OCC)c(N)c1)C(C)C. The smallest absolute Gasteiger partial charge is 0.251 e. The lowest BCUT2D eigenvalue weighted by Crippen LogP contribution is -2.41. The molecule has 1 aromatic carbocycles. The van der Waals surface area contributed by atoms with E-state index in [0.717, 1.165) is 0 Å².